The monoisotopic (exact) mass is 272 g/mol. The van der Waals surface area contributed by atoms with Crippen LogP contribution in [0.3, 0.4) is 0 Å². The van der Waals surface area contributed by atoms with Gasteiger partial charge in [-0.25, -0.2) is 0 Å². The van der Waals surface area contributed by atoms with Crippen LogP contribution in [0.1, 0.15) is 58.6 Å². The highest BCUT2D eigenvalue weighted by atomic mass is 16.7. The molecule has 1 saturated carbocycles. The fraction of sp³-hybridized carbons (Fsp3) is 0.647. The highest BCUT2D eigenvalue weighted by Crippen LogP contribution is 2.47. The molecule has 0 radical (unpaired) electrons. The van der Waals surface area contributed by atoms with Crippen LogP contribution in [-0.4, -0.2) is 18.3 Å². The van der Waals surface area contributed by atoms with Crippen molar-refractivity contribution in [3.05, 3.63) is 29.3 Å². The first-order valence-corrected chi connectivity index (χ1v) is 7.61. The lowest BCUT2D eigenvalue weighted by atomic mass is 9.75. The predicted molar refractivity (Wildman–Crippen MR) is 83.5 cm³/mol. The second-order valence-corrected chi connectivity index (χ2v) is 7.72. The Kier molecular flexibility index (Phi) is 2.91. The van der Waals surface area contributed by atoms with E-state index >= 15 is 0 Å². The van der Waals surface area contributed by atoms with Crippen LogP contribution in [0.4, 0.5) is 0 Å². The van der Waals surface area contributed by atoms with E-state index in [0.29, 0.717) is 5.41 Å². The summed E-state index contributed by atoms with van der Waals surface area (Å²) < 4.78 is 12.3. The smallest absolute Gasteiger partial charge is 0.399 e. The first-order valence-electron chi connectivity index (χ1n) is 7.61. The minimum atomic E-state index is -0.273. The minimum Gasteiger partial charge on any atom is -0.399 e. The van der Waals surface area contributed by atoms with Gasteiger partial charge in [0.15, 0.2) is 0 Å². The zero-order chi connectivity index (χ0) is 14.8. The van der Waals surface area contributed by atoms with Gasteiger partial charge >= 0.3 is 7.12 Å². The molecule has 20 heavy (non-hydrogen) atoms. The van der Waals surface area contributed by atoms with Gasteiger partial charge < -0.3 is 9.31 Å². The Morgan fingerprint density at radius 3 is 1.95 bits per heavy atom. The van der Waals surface area contributed by atoms with Crippen molar-refractivity contribution in [1.82, 2.24) is 0 Å². The Hall–Kier alpha value is -0.795. The third-order valence-electron chi connectivity index (χ3n) is 5.47. The molecule has 1 aliphatic heterocycles. The van der Waals surface area contributed by atoms with Crippen molar-refractivity contribution >= 4 is 12.6 Å². The van der Waals surface area contributed by atoms with E-state index in [1.165, 1.54) is 24.0 Å². The maximum absolute atomic E-state index is 6.15. The first kappa shape index (κ1) is 14.2. The summed E-state index contributed by atoms with van der Waals surface area (Å²) in [4.78, 5) is 0. The Morgan fingerprint density at radius 2 is 1.50 bits per heavy atom. The van der Waals surface area contributed by atoms with Gasteiger partial charge in [0.25, 0.3) is 0 Å². The van der Waals surface area contributed by atoms with Gasteiger partial charge in [-0.05, 0) is 63.9 Å². The van der Waals surface area contributed by atoms with Crippen LogP contribution < -0.4 is 5.46 Å². The zero-order valence-corrected chi connectivity index (χ0v) is 13.5. The van der Waals surface area contributed by atoms with E-state index in [1.807, 2.05) is 0 Å². The maximum Gasteiger partial charge on any atom is 0.495 e. The van der Waals surface area contributed by atoms with E-state index in [2.05, 4.69) is 59.7 Å². The molecular weight excluding hydrogens is 247 g/mol. The Labute approximate surface area is 123 Å². The van der Waals surface area contributed by atoms with Gasteiger partial charge in [-0.2, -0.15) is 0 Å². The molecule has 1 heterocycles. The highest BCUT2D eigenvalue weighted by Gasteiger charge is 2.52. The SMILES string of the molecule is Cc1cc(C2(C)CC2)ccc1B1OC(C)(C)C(C)(C)O1. The molecule has 2 fully saturated rings. The summed E-state index contributed by atoms with van der Waals surface area (Å²) in [6, 6.07) is 6.75. The normalized spacial score (nSPS) is 25.8. The molecule has 0 aromatic heterocycles. The summed E-state index contributed by atoms with van der Waals surface area (Å²) >= 11 is 0. The fourth-order valence-corrected chi connectivity index (χ4v) is 2.76. The van der Waals surface area contributed by atoms with Crippen LogP contribution in [0.15, 0.2) is 18.2 Å². The van der Waals surface area contributed by atoms with E-state index in [9.17, 15) is 0 Å². The Balaban J connectivity index is 1.89. The second kappa shape index (κ2) is 4.11. The molecule has 0 atom stereocenters. The predicted octanol–water partition coefficient (Wildman–Crippen LogP) is 3.35. The molecule has 1 aromatic rings. The number of hydrogen-bond acceptors (Lipinski definition) is 2. The standard InChI is InChI=1S/C17H25BO2/c1-12-11-13(17(6)9-10-17)7-8-14(12)18-19-15(2,3)16(4,5)20-18/h7-8,11H,9-10H2,1-6H3. The third-order valence-corrected chi connectivity index (χ3v) is 5.47. The first-order chi connectivity index (χ1) is 9.15. The summed E-state index contributed by atoms with van der Waals surface area (Å²) in [5.41, 5.74) is 3.76. The van der Waals surface area contributed by atoms with Crippen LogP contribution in [-0.2, 0) is 14.7 Å². The molecule has 0 spiro atoms. The van der Waals surface area contributed by atoms with Crippen molar-refractivity contribution in [2.45, 2.75) is 71.0 Å². The van der Waals surface area contributed by atoms with E-state index < -0.39 is 0 Å². The lowest BCUT2D eigenvalue weighted by Gasteiger charge is -2.32. The number of rotatable bonds is 2. The fourth-order valence-electron chi connectivity index (χ4n) is 2.76. The molecule has 0 unspecified atom stereocenters. The van der Waals surface area contributed by atoms with Gasteiger partial charge in [0.2, 0.25) is 0 Å². The summed E-state index contributed by atoms with van der Waals surface area (Å²) in [6.45, 7) is 12.9. The average Bonchev–Trinajstić information content (AvgIpc) is 3.01. The topological polar surface area (TPSA) is 18.5 Å². The molecule has 1 aromatic carbocycles. The van der Waals surface area contributed by atoms with Crippen molar-refractivity contribution < 1.29 is 9.31 Å². The molecule has 2 aliphatic rings. The average molecular weight is 272 g/mol. The number of hydrogen-bond donors (Lipinski definition) is 0. The quantitative estimate of drug-likeness (QED) is 0.769. The molecule has 108 valence electrons. The van der Waals surface area contributed by atoms with Gasteiger partial charge in [-0.1, -0.05) is 30.7 Å². The van der Waals surface area contributed by atoms with Crippen molar-refractivity contribution in [3.8, 4) is 0 Å². The van der Waals surface area contributed by atoms with E-state index in [4.69, 9.17) is 9.31 Å². The van der Waals surface area contributed by atoms with E-state index in [1.54, 1.807) is 0 Å². The summed E-state index contributed by atoms with van der Waals surface area (Å²) in [5, 5.41) is 0. The lowest BCUT2D eigenvalue weighted by Crippen LogP contribution is -2.41. The molecule has 0 N–H and O–H groups in total. The number of benzene rings is 1. The zero-order valence-electron chi connectivity index (χ0n) is 13.5. The van der Waals surface area contributed by atoms with Crippen LogP contribution in [0.2, 0.25) is 0 Å². The van der Waals surface area contributed by atoms with Crippen molar-refractivity contribution in [2.75, 3.05) is 0 Å². The van der Waals surface area contributed by atoms with Crippen LogP contribution >= 0.6 is 0 Å². The molecule has 3 heteroatoms. The summed E-state index contributed by atoms with van der Waals surface area (Å²) in [6.07, 6.45) is 2.62. The van der Waals surface area contributed by atoms with Gasteiger partial charge in [0.1, 0.15) is 0 Å². The van der Waals surface area contributed by atoms with Crippen LogP contribution in [0, 0.1) is 6.92 Å². The molecule has 1 saturated heterocycles. The molecule has 1 aliphatic carbocycles. The molecular formula is C17H25BO2. The Bertz CT molecular complexity index is 528. The highest BCUT2D eigenvalue weighted by molar-refractivity contribution is 6.62. The van der Waals surface area contributed by atoms with Gasteiger partial charge in [0.05, 0.1) is 11.2 Å². The second-order valence-electron chi connectivity index (χ2n) is 7.72. The number of aryl methyl sites for hydroxylation is 1. The van der Waals surface area contributed by atoms with Gasteiger partial charge in [-0.15, -0.1) is 0 Å². The Morgan fingerprint density at radius 1 is 0.950 bits per heavy atom. The lowest BCUT2D eigenvalue weighted by molar-refractivity contribution is 0.00578. The minimum absolute atomic E-state index is 0.249. The molecule has 3 rings (SSSR count). The largest absolute Gasteiger partial charge is 0.495 e. The van der Waals surface area contributed by atoms with Crippen molar-refractivity contribution in [1.29, 1.82) is 0 Å². The third kappa shape index (κ3) is 2.12. The van der Waals surface area contributed by atoms with E-state index in [0.717, 1.165) is 5.46 Å². The summed E-state index contributed by atoms with van der Waals surface area (Å²) in [7, 11) is -0.249. The molecule has 2 nitrogen and oxygen atoms in total. The van der Waals surface area contributed by atoms with Crippen molar-refractivity contribution in [2.24, 2.45) is 0 Å². The van der Waals surface area contributed by atoms with Crippen LogP contribution in [0.25, 0.3) is 0 Å². The summed E-state index contributed by atoms with van der Waals surface area (Å²) in [5.74, 6) is 0. The van der Waals surface area contributed by atoms with Crippen LogP contribution in [0.5, 0.6) is 0 Å². The molecule has 0 amide bonds. The van der Waals surface area contributed by atoms with E-state index in [-0.39, 0.29) is 18.3 Å². The molecule has 0 bridgehead atoms. The van der Waals surface area contributed by atoms with Crippen molar-refractivity contribution in [3.63, 3.8) is 0 Å². The maximum atomic E-state index is 6.15. The van der Waals surface area contributed by atoms with Gasteiger partial charge in [0, 0.05) is 0 Å². The van der Waals surface area contributed by atoms with Gasteiger partial charge in [-0.3, -0.25) is 0 Å².